The van der Waals surface area contributed by atoms with Gasteiger partial charge in [-0.2, -0.15) is 11.3 Å². The van der Waals surface area contributed by atoms with Crippen molar-refractivity contribution in [2.75, 3.05) is 14.2 Å². The minimum absolute atomic E-state index is 0.351. The van der Waals surface area contributed by atoms with E-state index in [1.54, 1.807) is 18.4 Å². The van der Waals surface area contributed by atoms with Crippen LogP contribution in [0.4, 0.5) is 0 Å². The van der Waals surface area contributed by atoms with Gasteiger partial charge in [0.25, 0.3) is 0 Å². The number of ether oxygens (including phenoxy) is 1. The van der Waals surface area contributed by atoms with E-state index in [4.69, 9.17) is 4.74 Å². The van der Waals surface area contributed by atoms with Gasteiger partial charge in [0.15, 0.2) is 0 Å². The predicted octanol–water partition coefficient (Wildman–Crippen LogP) is 2.82. The van der Waals surface area contributed by atoms with E-state index < -0.39 is 0 Å². The van der Waals surface area contributed by atoms with Gasteiger partial charge in [0.2, 0.25) is 0 Å². The van der Waals surface area contributed by atoms with Crippen molar-refractivity contribution in [3.8, 4) is 0 Å². The first-order valence-corrected chi connectivity index (χ1v) is 5.94. The molecule has 0 aliphatic carbocycles. The molecule has 0 spiro atoms. The monoisotopic (exact) mass is 213 g/mol. The quantitative estimate of drug-likeness (QED) is 0.784. The van der Waals surface area contributed by atoms with Crippen molar-refractivity contribution < 1.29 is 4.74 Å². The highest BCUT2D eigenvalue weighted by Crippen LogP contribution is 2.21. The number of methoxy groups -OCH3 is 1. The maximum atomic E-state index is 5.24. The van der Waals surface area contributed by atoms with E-state index in [0.29, 0.717) is 12.1 Å². The Labute approximate surface area is 90.3 Å². The predicted molar refractivity (Wildman–Crippen MR) is 61.8 cm³/mol. The lowest BCUT2D eigenvalue weighted by atomic mass is 10.0. The average molecular weight is 213 g/mol. The van der Waals surface area contributed by atoms with Crippen molar-refractivity contribution in [3.05, 3.63) is 22.4 Å². The normalized spacial score (nSPS) is 15.4. The van der Waals surface area contributed by atoms with E-state index in [1.165, 1.54) is 5.56 Å². The number of hydrogen-bond donors (Lipinski definition) is 1. The van der Waals surface area contributed by atoms with Crippen molar-refractivity contribution in [1.29, 1.82) is 0 Å². The number of rotatable bonds is 6. The van der Waals surface area contributed by atoms with Gasteiger partial charge >= 0.3 is 0 Å². The molecule has 3 heteroatoms. The summed E-state index contributed by atoms with van der Waals surface area (Å²) >= 11 is 1.75. The molecule has 0 fully saturated rings. The number of hydrogen-bond acceptors (Lipinski definition) is 3. The highest BCUT2D eigenvalue weighted by molar-refractivity contribution is 7.07. The largest absolute Gasteiger partial charge is 0.382 e. The molecular formula is C11H19NOS. The van der Waals surface area contributed by atoms with E-state index in [9.17, 15) is 0 Å². The number of nitrogens with one attached hydrogen (secondary N) is 1. The van der Waals surface area contributed by atoms with Gasteiger partial charge in [-0.1, -0.05) is 0 Å². The maximum absolute atomic E-state index is 5.24. The molecule has 0 amide bonds. The second-order valence-corrected chi connectivity index (χ2v) is 4.30. The Hall–Kier alpha value is -0.380. The molecule has 0 saturated heterocycles. The zero-order valence-electron chi connectivity index (χ0n) is 9.12. The molecule has 1 rings (SSSR count). The third-order valence-corrected chi connectivity index (χ3v) is 3.26. The Kier molecular flexibility index (Phi) is 5.15. The summed E-state index contributed by atoms with van der Waals surface area (Å²) in [6.45, 7) is 2.11. The average Bonchev–Trinajstić information content (AvgIpc) is 2.72. The van der Waals surface area contributed by atoms with Crippen LogP contribution < -0.4 is 5.32 Å². The van der Waals surface area contributed by atoms with Crippen LogP contribution in [0.15, 0.2) is 16.8 Å². The van der Waals surface area contributed by atoms with Crippen molar-refractivity contribution in [2.24, 2.45) is 0 Å². The second-order valence-electron chi connectivity index (χ2n) is 3.52. The van der Waals surface area contributed by atoms with Crippen LogP contribution in [-0.4, -0.2) is 20.3 Å². The molecular weight excluding hydrogens is 194 g/mol. The van der Waals surface area contributed by atoms with Crippen LogP contribution in [0.3, 0.4) is 0 Å². The van der Waals surface area contributed by atoms with Crippen LogP contribution in [0.5, 0.6) is 0 Å². The molecule has 0 saturated carbocycles. The van der Waals surface area contributed by atoms with E-state index in [1.807, 2.05) is 7.05 Å². The molecule has 1 aromatic heterocycles. The summed E-state index contributed by atoms with van der Waals surface area (Å²) in [5.74, 6) is 0. The first-order valence-electron chi connectivity index (χ1n) is 5.00. The van der Waals surface area contributed by atoms with Crippen molar-refractivity contribution in [2.45, 2.75) is 31.9 Å². The molecule has 2 atom stereocenters. The summed E-state index contributed by atoms with van der Waals surface area (Å²) in [4.78, 5) is 0. The third kappa shape index (κ3) is 3.40. The molecule has 2 nitrogen and oxygen atoms in total. The Bertz CT molecular complexity index is 235. The summed E-state index contributed by atoms with van der Waals surface area (Å²) in [5, 5.41) is 7.67. The molecule has 1 aromatic rings. The van der Waals surface area contributed by atoms with E-state index in [-0.39, 0.29) is 0 Å². The molecule has 80 valence electrons. The summed E-state index contributed by atoms with van der Waals surface area (Å²) in [6.07, 6.45) is 2.57. The van der Waals surface area contributed by atoms with Crippen LogP contribution in [0.2, 0.25) is 0 Å². The van der Waals surface area contributed by atoms with Gasteiger partial charge in [-0.05, 0) is 49.2 Å². The van der Waals surface area contributed by atoms with E-state index >= 15 is 0 Å². The molecule has 1 heterocycles. The molecule has 2 unspecified atom stereocenters. The summed E-state index contributed by atoms with van der Waals surface area (Å²) in [6, 6.07) is 2.65. The highest BCUT2D eigenvalue weighted by Gasteiger charge is 2.10. The molecule has 1 N–H and O–H groups in total. The Morgan fingerprint density at radius 3 is 2.79 bits per heavy atom. The van der Waals surface area contributed by atoms with Crippen LogP contribution in [0.1, 0.15) is 31.4 Å². The van der Waals surface area contributed by atoms with E-state index in [0.717, 1.165) is 12.8 Å². The standard InChI is InChI=1S/C11H19NOS/c1-9(13-3)4-5-11(12-2)10-6-7-14-8-10/h6-9,11-12H,4-5H2,1-3H3. The minimum atomic E-state index is 0.351. The van der Waals surface area contributed by atoms with Gasteiger partial charge in [-0.15, -0.1) is 0 Å². The van der Waals surface area contributed by atoms with Crippen LogP contribution >= 0.6 is 11.3 Å². The van der Waals surface area contributed by atoms with Gasteiger partial charge in [-0.3, -0.25) is 0 Å². The first-order chi connectivity index (χ1) is 6.77. The summed E-state index contributed by atoms with van der Waals surface area (Å²) in [5.41, 5.74) is 1.39. The van der Waals surface area contributed by atoms with Crippen LogP contribution in [0.25, 0.3) is 0 Å². The lowest BCUT2D eigenvalue weighted by molar-refractivity contribution is 0.106. The van der Waals surface area contributed by atoms with Crippen molar-refractivity contribution >= 4 is 11.3 Å². The third-order valence-electron chi connectivity index (χ3n) is 2.56. The lowest BCUT2D eigenvalue weighted by Gasteiger charge is -2.17. The zero-order valence-corrected chi connectivity index (χ0v) is 9.93. The first kappa shape index (κ1) is 11.7. The fourth-order valence-corrected chi connectivity index (χ4v) is 2.18. The lowest BCUT2D eigenvalue weighted by Crippen LogP contribution is -2.18. The topological polar surface area (TPSA) is 21.3 Å². The smallest absolute Gasteiger partial charge is 0.0543 e. The fraction of sp³-hybridized carbons (Fsp3) is 0.636. The van der Waals surface area contributed by atoms with Gasteiger partial charge in [0.1, 0.15) is 0 Å². The molecule has 14 heavy (non-hydrogen) atoms. The summed E-state index contributed by atoms with van der Waals surface area (Å²) in [7, 11) is 3.78. The Morgan fingerprint density at radius 1 is 1.50 bits per heavy atom. The van der Waals surface area contributed by atoms with Gasteiger partial charge in [0, 0.05) is 13.2 Å². The fourth-order valence-electron chi connectivity index (χ4n) is 1.47. The summed E-state index contributed by atoms with van der Waals surface area (Å²) < 4.78 is 5.24. The van der Waals surface area contributed by atoms with E-state index in [2.05, 4.69) is 29.1 Å². The molecule has 0 aliphatic rings. The van der Waals surface area contributed by atoms with Crippen molar-refractivity contribution in [3.63, 3.8) is 0 Å². The highest BCUT2D eigenvalue weighted by atomic mass is 32.1. The Balaban J connectivity index is 2.40. The maximum Gasteiger partial charge on any atom is 0.0543 e. The van der Waals surface area contributed by atoms with Gasteiger partial charge in [-0.25, -0.2) is 0 Å². The van der Waals surface area contributed by atoms with Gasteiger partial charge < -0.3 is 10.1 Å². The molecule has 0 bridgehead atoms. The zero-order chi connectivity index (χ0) is 10.4. The molecule has 0 radical (unpaired) electrons. The number of thiophene rings is 1. The Morgan fingerprint density at radius 2 is 2.29 bits per heavy atom. The molecule has 0 aliphatic heterocycles. The van der Waals surface area contributed by atoms with Crippen LogP contribution in [-0.2, 0) is 4.74 Å². The van der Waals surface area contributed by atoms with Crippen molar-refractivity contribution in [1.82, 2.24) is 5.32 Å². The second kappa shape index (κ2) is 6.17. The SMILES string of the molecule is CNC(CCC(C)OC)c1ccsc1. The minimum Gasteiger partial charge on any atom is -0.382 e. The van der Waals surface area contributed by atoms with Gasteiger partial charge in [0.05, 0.1) is 6.10 Å². The van der Waals surface area contributed by atoms with Crippen LogP contribution in [0, 0.1) is 0 Å². The molecule has 0 aromatic carbocycles.